The van der Waals surface area contributed by atoms with Crippen molar-refractivity contribution < 1.29 is 24.2 Å². The fourth-order valence-electron chi connectivity index (χ4n) is 2.32. The van der Waals surface area contributed by atoms with Crippen molar-refractivity contribution in [3.63, 3.8) is 0 Å². The second-order valence-corrected chi connectivity index (χ2v) is 5.56. The highest BCUT2D eigenvalue weighted by molar-refractivity contribution is 5.82. The van der Waals surface area contributed by atoms with Crippen LogP contribution in [0.2, 0.25) is 0 Å². The quantitative estimate of drug-likeness (QED) is 0.669. The van der Waals surface area contributed by atoms with Crippen LogP contribution in [-0.2, 0) is 19.1 Å². The van der Waals surface area contributed by atoms with Crippen molar-refractivity contribution >= 4 is 17.8 Å². The van der Waals surface area contributed by atoms with E-state index in [0.29, 0.717) is 19.5 Å². The molecule has 1 aliphatic rings. The Morgan fingerprint density at radius 1 is 1.38 bits per heavy atom. The number of nitrogens with zero attached hydrogens (tertiary/aromatic N) is 1. The third-order valence-electron chi connectivity index (χ3n) is 3.54. The van der Waals surface area contributed by atoms with Gasteiger partial charge in [-0.1, -0.05) is 13.8 Å². The summed E-state index contributed by atoms with van der Waals surface area (Å²) in [4.78, 5) is 36.7. The maximum atomic E-state index is 12.0. The second-order valence-electron chi connectivity index (χ2n) is 5.56. The summed E-state index contributed by atoms with van der Waals surface area (Å²) in [6.07, 6.45) is 0.105. The number of hydrogen-bond acceptors (Lipinski definition) is 5. The Morgan fingerprint density at radius 2 is 2.05 bits per heavy atom. The van der Waals surface area contributed by atoms with Gasteiger partial charge in [0, 0.05) is 19.0 Å². The highest BCUT2D eigenvalue weighted by Gasteiger charge is 2.29. The van der Waals surface area contributed by atoms with E-state index in [0.717, 1.165) is 6.42 Å². The molecule has 0 aromatic carbocycles. The summed E-state index contributed by atoms with van der Waals surface area (Å²) in [5, 5.41) is 12.0. The number of carbonyl (C=O) groups excluding carboxylic acids is 3. The number of aliphatic hydroxyl groups excluding tert-OH is 1. The smallest absolute Gasteiger partial charge is 0.336 e. The van der Waals surface area contributed by atoms with Gasteiger partial charge in [0.2, 0.25) is 11.8 Å². The maximum Gasteiger partial charge on any atom is 0.336 e. The van der Waals surface area contributed by atoms with Crippen LogP contribution in [0.15, 0.2) is 0 Å². The zero-order valence-corrected chi connectivity index (χ0v) is 12.8. The Kier molecular flexibility index (Phi) is 6.61. The van der Waals surface area contributed by atoms with Crippen LogP contribution in [0.1, 0.15) is 26.7 Å². The Morgan fingerprint density at radius 3 is 2.62 bits per heavy atom. The van der Waals surface area contributed by atoms with Crippen LogP contribution in [0.3, 0.4) is 0 Å². The van der Waals surface area contributed by atoms with Crippen molar-refractivity contribution in [1.29, 1.82) is 0 Å². The molecular formula is C14H24N2O5. The van der Waals surface area contributed by atoms with Crippen molar-refractivity contribution in [2.45, 2.75) is 32.8 Å². The van der Waals surface area contributed by atoms with E-state index in [2.05, 4.69) is 10.1 Å². The molecule has 0 aliphatic carbocycles. The van der Waals surface area contributed by atoms with Crippen molar-refractivity contribution in [1.82, 2.24) is 10.2 Å². The molecule has 2 N–H and O–H groups in total. The number of hydrogen-bond donors (Lipinski definition) is 2. The van der Waals surface area contributed by atoms with Crippen LogP contribution in [0.5, 0.6) is 0 Å². The molecule has 120 valence electrons. The molecule has 2 atom stereocenters. The maximum absolute atomic E-state index is 12.0. The van der Waals surface area contributed by atoms with Gasteiger partial charge in [-0.15, -0.1) is 0 Å². The monoisotopic (exact) mass is 300 g/mol. The molecule has 21 heavy (non-hydrogen) atoms. The highest BCUT2D eigenvalue weighted by atomic mass is 16.5. The molecule has 1 heterocycles. The summed E-state index contributed by atoms with van der Waals surface area (Å²) >= 11 is 0. The van der Waals surface area contributed by atoms with E-state index in [1.165, 1.54) is 7.11 Å². The Labute approximate surface area is 124 Å². The van der Waals surface area contributed by atoms with Crippen LogP contribution < -0.4 is 5.32 Å². The zero-order valence-electron chi connectivity index (χ0n) is 12.8. The number of piperidine rings is 1. The molecule has 0 aromatic heterocycles. The molecular weight excluding hydrogens is 276 g/mol. The van der Waals surface area contributed by atoms with Crippen LogP contribution >= 0.6 is 0 Å². The van der Waals surface area contributed by atoms with Crippen molar-refractivity contribution in [2.24, 2.45) is 11.8 Å². The van der Waals surface area contributed by atoms with Crippen LogP contribution in [0, 0.1) is 11.8 Å². The number of rotatable bonds is 5. The van der Waals surface area contributed by atoms with Gasteiger partial charge >= 0.3 is 5.97 Å². The van der Waals surface area contributed by atoms with E-state index >= 15 is 0 Å². The van der Waals surface area contributed by atoms with Crippen molar-refractivity contribution in [3.05, 3.63) is 0 Å². The van der Waals surface area contributed by atoms with E-state index in [-0.39, 0.29) is 30.2 Å². The number of esters is 1. The Bertz CT molecular complexity index is 397. The number of aliphatic hydroxyl groups is 1. The predicted molar refractivity (Wildman–Crippen MR) is 75.2 cm³/mol. The lowest BCUT2D eigenvalue weighted by Crippen LogP contribution is -2.48. The lowest BCUT2D eigenvalue weighted by Gasteiger charge is -2.33. The molecule has 7 nitrogen and oxygen atoms in total. The minimum Gasteiger partial charge on any atom is -0.467 e. The fourth-order valence-corrected chi connectivity index (χ4v) is 2.32. The number of amides is 2. The first-order valence-corrected chi connectivity index (χ1v) is 7.19. The molecule has 2 amide bonds. The summed E-state index contributed by atoms with van der Waals surface area (Å²) in [6, 6.07) is 0. The summed E-state index contributed by atoms with van der Waals surface area (Å²) in [7, 11) is 1.17. The van der Waals surface area contributed by atoms with Crippen molar-refractivity contribution in [3.8, 4) is 0 Å². The first kappa shape index (κ1) is 17.4. The minimum absolute atomic E-state index is 0.0436. The lowest BCUT2D eigenvalue weighted by molar-refractivity contribution is -0.150. The average Bonchev–Trinajstić information content (AvgIpc) is 2.50. The third-order valence-corrected chi connectivity index (χ3v) is 3.54. The first-order valence-electron chi connectivity index (χ1n) is 7.19. The second kappa shape index (κ2) is 7.97. The normalized spacial score (nSPS) is 20.0. The molecule has 1 rings (SSSR count). The molecule has 0 bridgehead atoms. The summed E-state index contributed by atoms with van der Waals surface area (Å²) in [6.45, 7) is 4.54. The number of nitrogens with one attached hydrogen (secondary N) is 1. The van der Waals surface area contributed by atoms with Gasteiger partial charge in [0.05, 0.1) is 19.6 Å². The summed E-state index contributed by atoms with van der Waals surface area (Å²) < 4.78 is 4.37. The number of ether oxygens (including phenoxy) is 1. The number of likely N-dealkylation sites (tertiary alicyclic amines) is 1. The Balaban J connectivity index is 2.47. The van der Waals surface area contributed by atoms with Crippen LogP contribution in [-0.4, -0.2) is 60.6 Å². The van der Waals surface area contributed by atoms with E-state index < -0.39 is 12.1 Å². The van der Waals surface area contributed by atoms with Gasteiger partial charge in [-0.2, -0.15) is 0 Å². The van der Waals surface area contributed by atoms with E-state index in [9.17, 15) is 19.5 Å². The van der Waals surface area contributed by atoms with Gasteiger partial charge in [-0.3, -0.25) is 9.59 Å². The molecule has 2 unspecified atom stereocenters. The van der Waals surface area contributed by atoms with Gasteiger partial charge in [0.1, 0.15) is 0 Å². The first-order chi connectivity index (χ1) is 9.86. The molecule has 1 fully saturated rings. The van der Waals surface area contributed by atoms with Gasteiger partial charge in [-0.05, 0) is 12.8 Å². The molecule has 7 heteroatoms. The minimum atomic E-state index is -1.36. The van der Waals surface area contributed by atoms with Gasteiger partial charge in [0.25, 0.3) is 0 Å². The SMILES string of the molecule is COC(=O)C(O)CNC(=O)C1CCCN(C(=O)C(C)C)C1. The highest BCUT2D eigenvalue weighted by Crippen LogP contribution is 2.18. The van der Waals surface area contributed by atoms with Crippen molar-refractivity contribution in [2.75, 3.05) is 26.7 Å². The van der Waals surface area contributed by atoms with Gasteiger partial charge in [-0.25, -0.2) is 4.79 Å². The molecule has 0 saturated carbocycles. The topological polar surface area (TPSA) is 95.9 Å². The van der Waals surface area contributed by atoms with E-state index in [1.54, 1.807) is 4.90 Å². The predicted octanol–water partition coefficient (Wildman–Crippen LogP) is -0.469. The van der Waals surface area contributed by atoms with Gasteiger partial charge < -0.3 is 20.1 Å². The summed E-state index contributed by atoms with van der Waals surface area (Å²) in [5.41, 5.74) is 0. The molecule has 0 aromatic rings. The largest absolute Gasteiger partial charge is 0.467 e. The van der Waals surface area contributed by atoms with Gasteiger partial charge in [0.15, 0.2) is 6.10 Å². The number of methoxy groups -OCH3 is 1. The molecule has 0 spiro atoms. The lowest BCUT2D eigenvalue weighted by atomic mass is 9.96. The molecule has 0 radical (unpaired) electrons. The summed E-state index contributed by atoms with van der Waals surface area (Å²) in [5.74, 6) is -1.38. The standard InChI is InChI=1S/C14H24N2O5/c1-9(2)13(19)16-6-4-5-10(8-16)12(18)15-7-11(17)14(20)21-3/h9-11,17H,4-8H2,1-3H3,(H,15,18). The van der Waals surface area contributed by atoms with E-state index in [4.69, 9.17) is 0 Å². The van der Waals surface area contributed by atoms with Crippen LogP contribution in [0.4, 0.5) is 0 Å². The average molecular weight is 300 g/mol. The molecule has 1 saturated heterocycles. The zero-order chi connectivity index (χ0) is 16.0. The van der Waals surface area contributed by atoms with Crippen LogP contribution in [0.25, 0.3) is 0 Å². The third kappa shape index (κ3) is 5.00. The van der Waals surface area contributed by atoms with E-state index in [1.807, 2.05) is 13.8 Å². The number of carbonyl (C=O) groups is 3. The Hall–Kier alpha value is -1.63. The fraction of sp³-hybridized carbons (Fsp3) is 0.786. The molecule has 1 aliphatic heterocycles.